The minimum atomic E-state index is -1.23. The number of nitrogens with one attached hydrogen (secondary N) is 1. The Hall–Kier alpha value is -4.51. The van der Waals surface area contributed by atoms with Gasteiger partial charge in [-0.15, -0.1) is 4.91 Å². The third kappa shape index (κ3) is 8.36. The van der Waals surface area contributed by atoms with Crippen LogP contribution in [-0.2, 0) is 24.4 Å². The van der Waals surface area contributed by atoms with E-state index in [-0.39, 0.29) is 44.4 Å². The maximum Gasteiger partial charge on any atom is 0.288 e. The number of rotatable bonds is 14. The second-order valence-corrected chi connectivity index (χ2v) is 11.3. The number of hydrogen-bond donors (Lipinski definition) is 4. The Bertz CT molecular complexity index is 1620. The molecule has 9 nitrogen and oxygen atoms in total. The van der Waals surface area contributed by atoms with Crippen LogP contribution in [0.5, 0.6) is 0 Å². The summed E-state index contributed by atoms with van der Waals surface area (Å²) < 4.78 is 16.0. The summed E-state index contributed by atoms with van der Waals surface area (Å²) in [5.41, 5.74) is 5.53. The first-order valence-electron chi connectivity index (χ1n) is 14.9. The van der Waals surface area contributed by atoms with Gasteiger partial charge in [0.2, 0.25) is 0 Å². The monoisotopic (exact) mass is 615 g/mol. The van der Waals surface area contributed by atoms with Crippen LogP contribution in [0.3, 0.4) is 0 Å². The highest BCUT2D eigenvalue weighted by Gasteiger charge is 2.30. The van der Waals surface area contributed by atoms with Gasteiger partial charge in [0.15, 0.2) is 0 Å². The summed E-state index contributed by atoms with van der Waals surface area (Å²) in [4.78, 5) is 36.0. The normalized spacial score (nSPS) is 12.6. The molecule has 2 atom stereocenters. The highest BCUT2D eigenvalue weighted by molar-refractivity contribution is 6.05. The Morgan fingerprint density at radius 3 is 2.20 bits per heavy atom. The van der Waals surface area contributed by atoms with Crippen molar-refractivity contribution in [2.24, 2.45) is 5.18 Å². The molecular weight excluding hydrogens is 577 g/mol. The molecular formula is C35H38FN3O6. The Morgan fingerprint density at radius 2 is 1.56 bits per heavy atom. The summed E-state index contributed by atoms with van der Waals surface area (Å²) in [6.45, 7) is 4.00. The fourth-order valence-corrected chi connectivity index (χ4v) is 5.65. The van der Waals surface area contributed by atoms with Crippen molar-refractivity contribution in [3.05, 3.63) is 112 Å². The van der Waals surface area contributed by atoms with Crippen LogP contribution in [-0.4, -0.2) is 43.9 Å². The maximum absolute atomic E-state index is 14.2. The number of nitrogens with zero attached hydrogens (tertiary/aromatic N) is 2. The molecule has 0 fully saturated rings. The van der Waals surface area contributed by atoms with Crippen molar-refractivity contribution in [2.45, 2.75) is 70.9 Å². The van der Waals surface area contributed by atoms with E-state index in [1.807, 2.05) is 66.9 Å². The third-order valence-electron chi connectivity index (χ3n) is 7.63. The highest BCUT2D eigenvalue weighted by Crippen LogP contribution is 2.42. The van der Waals surface area contributed by atoms with E-state index in [0.29, 0.717) is 16.8 Å². The number of aliphatic hydroxyl groups excluding tert-OH is 3. The zero-order valence-electron chi connectivity index (χ0n) is 25.3. The fourth-order valence-electron chi connectivity index (χ4n) is 5.65. The quantitative estimate of drug-likeness (QED) is 0.134. The largest absolute Gasteiger partial charge is 0.393 e. The van der Waals surface area contributed by atoms with E-state index in [1.54, 1.807) is 18.2 Å². The number of nitroso groups, excluding NO2 is 1. The summed E-state index contributed by atoms with van der Waals surface area (Å²) in [5, 5.41) is 35.9. The van der Waals surface area contributed by atoms with E-state index in [2.05, 4.69) is 10.5 Å². The van der Waals surface area contributed by atoms with E-state index >= 15 is 0 Å². The van der Waals surface area contributed by atoms with Crippen molar-refractivity contribution in [3.8, 4) is 22.3 Å². The fraction of sp³-hybridized carbons (Fsp3) is 0.314. The molecule has 0 saturated heterocycles. The van der Waals surface area contributed by atoms with Crippen molar-refractivity contribution < 1.29 is 29.3 Å². The average Bonchev–Trinajstić information content (AvgIpc) is 3.39. The van der Waals surface area contributed by atoms with Gasteiger partial charge >= 0.3 is 0 Å². The van der Waals surface area contributed by atoms with Crippen LogP contribution in [0.4, 0.5) is 4.39 Å². The lowest BCUT2D eigenvalue weighted by molar-refractivity contribution is -0.120. The number of aliphatic hydroxyl groups is 3. The molecule has 4 N–H and O–H groups in total. The molecule has 1 aromatic heterocycles. The number of carbonyl (C=O) groups excluding carboxylic acids is 2. The summed E-state index contributed by atoms with van der Waals surface area (Å²) in [6.07, 6.45) is -2.41. The second-order valence-electron chi connectivity index (χ2n) is 11.3. The molecule has 0 aliphatic carbocycles. The van der Waals surface area contributed by atoms with Crippen LogP contribution in [0.25, 0.3) is 22.3 Å². The molecule has 0 saturated carbocycles. The molecule has 0 bridgehead atoms. The summed E-state index contributed by atoms with van der Waals surface area (Å²) in [6, 6.07) is 22.6. The number of amides is 2. The Balaban J connectivity index is 1.82. The molecule has 0 spiro atoms. The number of halogens is 1. The molecule has 2 amide bonds. The van der Waals surface area contributed by atoms with Crippen molar-refractivity contribution in [2.75, 3.05) is 0 Å². The van der Waals surface area contributed by atoms with Crippen LogP contribution in [0.1, 0.15) is 66.5 Å². The lowest BCUT2D eigenvalue weighted by Gasteiger charge is -2.20. The number of carbonyl (C=O) groups is 2. The molecule has 236 valence electrons. The molecule has 1 heterocycles. The molecule has 10 heteroatoms. The zero-order chi connectivity index (χ0) is 32.5. The summed E-state index contributed by atoms with van der Waals surface area (Å²) >= 11 is 0. The number of aromatic nitrogens is 1. The standard InChI is InChI=1S/C35H38FN3O6/c1-22(2)39-30(16-15-28(41)18-29(42)19-31(43)38-45)32(26-11-13-27(36)14-12-26)33(25-9-4-3-5-10-25)34(39)35(44)37-20-23-7-6-8-24(17-23)21-40/h3-14,17,22,28-29,40-42H,15-16,18-21H2,1-2H3,(H,37,44)/t28-,29-/m1/s1. The van der Waals surface area contributed by atoms with Gasteiger partial charge in [-0.3, -0.25) is 9.59 Å². The van der Waals surface area contributed by atoms with E-state index in [0.717, 1.165) is 27.9 Å². The van der Waals surface area contributed by atoms with Gasteiger partial charge in [0.1, 0.15) is 11.5 Å². The third-order valence-corrected chi connectivity index (χ3v) is 7.63. The average molecular weight is 616 g/mol. The summed E-state index contributed by atoms with van der Waals surface area (Å²) in [5.74, 6) is -1.73. The first-order chi connectivity index (χ1) is 21.6. The van der Waals surface area contributed by atoms with Gasteiger partial charge in [-0.05, 0) is 67.5 Å². The van der Waals surface area contributed by atoms with Crippen LogP contribution in [0.2, 0.25) is 0 Å². The molecule has 0 aliphatic rings. The van der Waals surface area contributed by atoms with Crippen molar-refractivity contribution in [1.29, 1.82) is 0 Å². The number of hydrogen-bond acceptors (Lipinski definition) is 6. The lowest BCUT2D eigenvalue weighted by Crippen LogP contribution is -2.27. The highest BCUT2D eigenvalue weighted by atomic mass is 19.1. The van der Waals surface area contributed by atoms with E-state index in [4.69, 9.17) is 0 Å². The molecule has 4 aromatic rings. The van der Waals surface area contributed by atoms with Crippen LogP contribution >= 0.6 is 0 Å². The molecule has 3 aromatic carbocycles. The molecule has 0 radical (unpaired) electrons. The van der Waals surface area contributed by atoms with Crippen molar-refractivity contribution in [1.82, 2.24) is 9.88 Å². The lowest BCUT2D eigenvalue weighted by atomic mass is 9.92. The maximum atomic E-state index is 14.2. The van der Waals surface area contributed by atoms with Crippen molar-refractivity contribution >= 4 is 11.8 Å². The molecule has 4 rings (SSSR count). The Kier molecular flexibility index (Phi) is 11.5. The van der Waals surface area contributed by atoms with Crippen LogP contribution < -0.4 is 5.32 Å². The minimum absolute atomic E-state index is 0.117. The smallest absolute Gasteiger partial charge is 0.288 e. The Labute approximate surface area is 261 Å². The predicted octanol–water partition coefficient (Wildman–Crippen LogP) is 5.69. The SMILES string of the molecule is CC(C)n1c(CC[C@@H](O)C[C@@H](O)CC(=O)N=O)c(-c2ccc(F)cc2)c(-c2ccccc2)c1C(=O)NCc1cccc(CO)c1. The van der Waals surface area contributed by atoms with Crippen LogP contribution in [0.15, 0.2) is 84.0 Å². The van der Waals surface area contributed by atoms with Gasteiger partial charge in [-0.1, -0.05) is 66.7 Å². The first-order valence-corrected chi connectivity index (χ1v) is 14.9. The topological polar surface area (TPSA) is 141 Å². The van der Waals surface area contributed by atoms with Gasteiger partial charge in [-0.2, -0.15) is 0 Å². The van der Waals surface area contributed by atoms with Crippen LogP contribution in [0, 0.1) is 10.7 Å². The van der Waals surface area contributed by atoms with E-state index in [1.165, 1.54) is 12.1 Å². The van der Waals surface area contributed by atoms with Gasteiger partial charge in [0.25, 0.3) is 11.8 Å². The van der Waals surface area contributed by atoms with E-state index < -0.39 is 30.4 Å². The minimum Gasteiger partial charge on any atom is -0.393 e. The zero-order valence-corrected chi connectivity index (χ0v) is 25.3. The molecule has 0 aliphatic heterocycles. The molecule has 0 unspecified atom stereocenters. The summed E-state index contributed by atoms with van der Waals surface area (Å²) in [7, 11) is 0. The van der Waals surface area contributed by atoms with E-state index in [9.17, 15) is 34.2 Å². The second kappa shape index (κ2) is 15.5. The first kappa shape index (κ1) is 33.4. The molecule has 45 heavy (non-hydrogen) atoms. The number of benzene rings is 3. The Morgan fingerprint density at radius 1 is 0.889 bits per heavy atom. The predicted molar refractivity (Wildman–Crippen MR) is 170 cm³/mol. The van der Waals surface area contributed by atoms with Gasteiger partial charge in [-0.25, -0.2) is 4.39 Å². The van der Waals surface area contributed by atoms with Gasteiger partial charge in [0.05, 0.1) is 25.2 Å². The van der Waals surface area contributed by atoms with Crippen molar-refractivity contribution in [3.63, 3.8) is 0 Å². The van der Waals surface area contributed by atoms with Gasteiger partial charge < -0.3 is 25.2 Å². The van der Waals surface area contributed by atoms with Gasteiger partial charge in [0, 0.05) is 34.6 Å².